The lowest BCUT2D eigenvalue weighted by Gasteiger charge is -2.20. The Morgan fingerprint density at radius 1 is 0.897 bits per heavy atom. The molecule has 0 heterocycles. The van der Waals surface area contributed by atoms with Crippen molar-refractivity contribution in [3.63, 3.8) is 0 Å². The zero-order chi connectivity index (χ0) is 28.0. The van der Waals surface area contributed by atoms with E-state index in [1.165, 1.54) is 55.6 Å². The average molecular weight is 550 g/mol. The number of amides is 1. The van der Waals surface area contributed by atoms with Gasteiger partial charge in [0.25, 0.3) is 21.6 Å². The standard InChI is InChI=1S/C27H23N3O8S/c1-29(39(35,36)25-14-9-19-5-2-3-6-20(19)15-25)22-10-12-24(13-11-22)37-18-27(32)38-17-26(31)28-21-7-4-8-23(16-21)30(33)34/h2-16H,17-18H2,1H3,(H,28,31). The van der Waals surface area contributed by atoms with E-state index in [0.29, 0.717) is 5.69 Å². The molecule has 0 radical (unpaired) electrons. The molecule has 4 aromatic rings. The first-order valence-electron chi connectivity index (χ1n) is 11.5. The van der Waals surface area contributed by atoms with Crippen LogP contribution in [0.15, 0.2) is 95.9 Å². The van der Waals surface area contributed by atoms with Crippen molar-refractivity contribution >= 4 is 49.7 Å². The fourth-order valence-corrected chi connectivity index (χ4v) is 4.83. The monoisotopic (exact) mass is 549 g/mol. The summed E-state index contributed by atoms with van der Waals surface area (Å²) in [5.41, 5.74) is 0.381. The topological polar surface area (TPSA) is 145 Å². The second-order valence-electron chi connectivity index (χ2n) is 8.28. The summed E-state index contributed by atoms with van der Waals surface area (Å²) in [5, 5.41) is 15.0. The lowest BCUT2D eigenvalue weighted by atomic mass is 10.1. The Morgan fingerprint density at radius 3 is 2.33 bits per heavy atom. The summed E-state index contributed by atoms with van der Waals surface area (Å²) in [5.74, 6) is -1.21. The number of carbonyl (C=O) groups excluding carboxylic acids is 2. The molecular formula is C27H23N3O8S. The van der Waals surface area contributed by atoms with Gasteiger partial charge in [-0.15, -0.1) is 0 Å². The Labute approximate surface area is 223 Å². The summed E-state index contributed by atoms with van der Waals surface area (Å²) in [6.45, 7) is -1.10. The van der Waals surface area contributed by atoms with Crippen LogP contribution < -0.4 is 14.4 Å². The van der Waals surface area contributed by atoms with E-state index in [1.54, 1.807) is 18.2 Å². The highest BCUT2D eigenvalue weighted by atomic mass is 32.2. The molecule has 4 aromatic carbocycles. The number of nitro benzene ring substituents is 1. The van der Waals surface area contributed by atoms with Crippen LogP contribution in [-0.2, 0) is 24.3 Å². The van der Waals surface area contributed by atoms with Crippen LogP contribution in [0.5, 0.6) is 5.75 Å². The van der Waals surface area contributed by atoms with Crippen LogP contribution in [0, 0.1) is 10.1 Å². The number of nitrogens with one attached hydrogen (secondary N) is 1. The fourth-order valence-electron chi connectivity index (χ4n) is 3.60. The first kappa shape index (κ1) is 27.1. The van der Waals surface area contributed by atoms with E-state index in [0.717, 1.165) is 15.1 Å². The van der Waals surface area contributed by atoms with E-state index >= 15 is 0 Å². The number of nitro groups is 1. The Hall–Kier alpha value is -4.97. The van der Waals surface area contributed by atoms with Crippen molar-refractivity contribution < 1.29 is 32.4 Å². The molecule has 11 nitrogen and oxygen atoms in total. The van der Waals surface area contributed by atoms with Gasteiger partial charge in [0.05, 0.1) is 15.5 Å². The smallest absolute Gasteiger partial charge is 0.344 e. The zero-order valence-electron chi connectivity index (χ0n) is 20.6. The molecule has 1 amide bonds. The van der Waals surface area contributed by atoms with Crippen LogP contribution in [0.4, 0.5) is 17.1 Å². The van der Waals surface area contributed by atoms with Crippen LogP contribution in [0.2, 0.25) is 0 Å². The highest BCUT2D eigenvalue weighted by Gasteiger charge is 2.22. The molecule has 0 aliphatic heterocycles. The number of sulfonamides is 1. The molecule has 0 unspecified atom stereocenters. The number of hydrogen-bond donors (Lipinski definition) is 1. The van der Waals surface area contributed by atoms with Gasteiger partial charge in [-0.1, -0.05) is 36.4 Å². The molecular weight excluding hydrogens is 526 g/mol. The second-order valence-corrected chi connectivity index (χ2v) is 10.2. The molecule has 0 saturated heterocycles. The van der Waals surface area contributed by atoms with Crippen molar-refractivity contribution in [3.05, 3.63) is 101 Å². The zero-order valence-corrected chi connectivity index (χ0v) is 21.5. The van der Waals surface area contributed by atoms with E-state index in [4.69, 9.17) is 9.47 Å². The van der Waals surface area contributed by atoms with Gasteiger partial charge in [-0.3, -0.25) is 19.2 Å². The lowest BCUT2D eigenvalue weighted by Crippen LogP contribution is -2.26. The van der Waals surface area contributed by atoms with Gasteiger partial charge in [-0.05, 0) is 53.2 Å². The third-order valence-corrected chi connectivity index (χ3v) is 7.42. The summed E-state index contributed by atoms with van der Waals surface area (Å²) < 4.78 is 37.6. The highest BCUT2D eigenvalue weighted by molar-refractivity contribution is 7.92. The van der Waals surface area contributed by atoms with Crippen molar-refractivity contribution in [1.29, 1.82) is 0 Å². The van der Waals surface area contributed by atoms with Crippen LogP contribution in [-0.4, -0.2) is 45.5 Å². The number of benzene rings is 4. The number of rotatable bonds is 10. The van der Waals surface area contributed by atoms with Gasteiger partial charge >= 0.3 is 5.97 Å². The van der Waals surface area contributed by atoms with Crippen molar-refractivity contribution in [1.82, 2.24) is 0 Å². The maximum Gasteiger partial charge on any atom is 0.344 e. The van der Waals surface area contributed by atoms with E-state index < -0.39 is 40.0 Å². The molecule has 39 heavy (non-hydrogen) atoms. The minimum absolute atomic E-state index is 0.154. The summed E-state index contributed by atoms with van der Waals surface area (Å²) in [6.07, 6.45) is 0. The van der Waals surface area contributed by atoms with Gasteiger partial charge < -0.3 is 14.8 Å². The molecule has 0 saturated carbocycles. The number of hydrogen-bond acceptors (Lipinski definition) is 8. The largest absolute Gasteiger partial charge is 0.482 e. The quantitative estimate of drug-likeness (QED) is 0.177. The number of anilines is 2. The van der Waals surface area contributed by atoms with E-state index in [9.17, 15) is 28.1 Å². The van der Waals surface area contributed by atoms with Gasteiger partial charge in [0, 0.05) is 24.9 Å². The summed E-state index contributed by atoms with van der Waals surface area (Å²) in [7, 11) is -2.38. The molecule has 12 heteroatoms. The molecule has 1 N–H and O–H groups in total. The number of esters is 1. The highest BCUT2D eigenvalue weighted by Crippen LogP contribution is 2.26. The number of carbonyl (C=O) groups is 2. The van der Waals surface area contributed by atoms with Crippen molar-refractivity contribution in [3.8, 4) is 5.75 Å². The SMILES string of the molecule is CN(c1ccc(OCC(=O)OCC(=O)Nc2cccc([N+](=O)[O-])c2)cc1)S(=O)(=O)c1ccc2ccccc2c1. The number of ether oxygens (including phenoxy) is 2. The van der Waals surface area contributed by atoms with Crippen molar-refractivity contribution in [2.24, 2.45) is 0 Å². The van der Waals surface area contributed by atoms with Gasteiger partial charge in [-0.25, -0.2) is 13.2 Å². The van der Waals surface area contributed by atoms with Gasteiger partial charge in [0.1, 0.15) is 5.75 Å². The van der Waals surface area contributed by atoms with Crippen LogP contribution in [0.25, 0.3) is 10.8 Å². The maximum absolute atomic E-state index is 13.1. The van der Waals surface area contributed by atoms with Crippen molar-refractivity contribution in [2.75, 3.05) is 29.9 Å². The van der Waals surface area contributed by atoms with E-state index in [2.05, 4.69) is 5.32 Å². The number of fused-ring (bicyclic) bond motifs is 1. The molecule has 0 aliphatic rings. The lowest BCUT2D eigenvalue weighted by molar-refractivity contribution is -0.384. The van der Waals surface area contributed by atoms with E-state index in [-0.39, 0.29) is 22.0 Å². The molecule has 0 fully saturated rings. The normalized spacial score (nSPS) is 11.0. The molecule has 0 atom stereocenters. The van der Waals surface area contributed by atoms with Crippen molar-refractivity contribution in [2.45, 2.75) is 4.90 Å². The molecule has 0 spiro atoms. The Bertz CT molecular complexity index is 1640. The average Bonchev–Trinajstić information content (AvgIpc) is 2.94. The van der Waals surface area contributed by atoms with Gasteiger partial charge in [-0.2, -0.15) is 0 Å². The number of non-ortho nitro benzene ring substituents is 1. The van der Waals surface area contributed by atoms with Crippen LogP contribution >= 0.6 is 0 Å². The Morgan fingerprint density at radius 2 is 1.62 bits per heavy atom. The first-order chi connectivity index (χ1) is 18.6. The third kappa shape index (κ3) is 6.67. The van der Waals surface area contributed by atoms with Crippen LogP contribution in [0.1, 0.15) is 0 Å². The predicted octanol–water partition coefficient (Wildman–Crippen LogP) is 4.13. The Balaban J connectivity index is 1.28. The maximum atomic E-state index is 13.1. The molecule has 200 valence electrons. The molecule has 4 rings (SSSR count). The van der Waals surface area contributed by atoms with Gasteiger partial charge in [0.15, 0.2) is 13.2 Å². The second kappa shape index (κ2) is 11.6. The third-order valence-electron chi connectivity index (χ3n) is 5.64. The van der Waals surface area contributed by atoms with E-state index in [1.807, 2.05) is 24.3 Å². The molecule has 0 aromatic heterocycles. The first-order valence-corrected chi connectivity index (χ1v) is 13.0. The predicted molar refractivity (Wildman–Crippen MR) is 144 cm³/mol. The fraction of sp³-hybridized carbons (Fsp3) is 0.111. The van der Waals surface area contributed by atoms with Gasteiger partial charge in [0.2, 0.25) is 0 Å². The molecule has 0 bridgehead atoms. The summed E-state index contributed by atoms with van der Waals surface area (Å²) in [4.78, 5) is 34.3. The van der Waals surface area contributed by atoms with Crippen LogP contribution in [0.3, 0.4) is 0 Å². The summed E-state index contributed by atoms with van der Waals surface area (Å²) >= 11 is 0. The summed E-state index contributed by atoms with van der Waals surface area (Å²) in [6, 6.07) is 23.8. The minimum Gasteiger partial charge on any atom is -0.482 e. The number of nitrogens with zero attached hydrogens (tertiary/aromatic N) is 2. The minimum atomic E-state index is -3.82. The Kier molecular flexibility index (Phi) is 8.06. The molecule has 0 aliphatic carbocycles.